The van der Waals surface area contributed by atoms with Crippen LogP contribution >= 0.6 is 0 Å². The number of amides is 1. The van der Waals surface area contributed by atoms with E-state index in [1.807, 2.05) is 18.2 Å². The molecule has 22 heavy (non-hydrogen) atoms. The van der Waals surface area contributed by atoms with Crippen LogP contribution in [0.3, 0.4) is 0 Å². The zero-order valence-corrected chi connectivity index (χ0v) is 13.7. The molecule has 0 heterocycles. The van der Waals surface area contributed by atoms with Crippen molar-refractivity contribution in [2.24, 2.45) is 5.92 Å². The zero-order chi connectivity index (χ0) is 16.1. The second-order valence-electron chi connectivity index (χ2n) is 6.42. The van der Waals surface area contributed by atoms with Gasteiger partial charge in [0.2, 0.25) is 0 Å². The fraction of sp³-hybridized carbons (Fsp3) is 0.611. The summed E-state index contributed by atoms with van der Waals surface area (Å²) in [5.74, 6) is 0.510. The van der Waals surface area contributed by atoms with Gasteiger partial charge in [0.05, 0.1) is 12.2 Å². The Hall–Kier alpha value is -1.39. The maximum absolute atomic E-state index is 12.3. The van der Waals surface area contributed by atoms with Gasteiger partial charge in [0.15, 0.2) is 0 Å². The molecule has 1 aliphatic rings. The number of benzene rings is 1. The molecule has 0 saturated heterocycles. The maximum atomic E-state index is 12.3. The van der Waals surface area contributed by atoms with E-state index in [-0.39, 0.29) is 12.0 Å². The highest BCUT2D eigenvalue weighted by molar-refractivity contribution is 5.94. The molecule has 4 nitrogen and oxygen atoms in total. The van der Waals surface area contributed by atoms with Gasteiger partial charge in [0, 0.05) is 11.3 Å². The van der Waals surface area contributed by atoms with Crippen molar-refractivity contribution < 1.29 is 14.6 Å². The topological polar surface area (TPSA) is 58.6 Å². The molecule has 0 spiro atoms. The van der Waals surface area contributed by atoms with Gasteiger partial charge in [-0.25, -0.2) is 0 Å². The maximum Gasteiger partial charge on any atom is 0.253 e. The van der Waals surface area contributed by atoms with E-state index in [0.717, 1.165) is 12.8 Å². The first-order valence-corrected chi connectivity index (χ1v) is 8.20. The number of nitrogens with one attached hydrogen (secondary N) is 1. The van der Waals surface area contributed by atoms with Crippen LogP contribution < -0.4 is 5.32 Å². The van der Waals surface area contributed by atoms with Crippen molar-refractivity contribution >= 4 is 11.6 Å². The Morgan fingerprint density at radius 1 is 1.32 bits per heavy atom. The Labute approximate surface area is 132 Å². The summed E-state index contributed by atoms with van der Waals surface area (Å²) in [5.41, 5.74) is 1.37. The third-order valence-corrected chi connectivity index (χ3v) is 4.32. The molecular formula is C18H27NO3. The quantitative estimate of drug-likeness (QED) is 0.872. The average molecular weight is 305 g/mol. The minimum Gasteiger partial charge on any atom is -0.389 e. The normalized spacial score (nSPS) is 24.5. The van der Waals surface area contributed by atoms with Gasteiger partial charge in [0.1, 0.15) is 6.10 Å². The SMILES string of the molecule is CC1CCCC(OC(C)C(=O)Nc2ccccc2C(C)O)C1. The van der Waals surface area contributed by atoms with Crippen molar-refractivity contribution in [3.8, 4) is 0 Å². The highest BCUT2D eigenvalue weighted by Crippen LogP contribution is 2.27. The standard InChI is InChI=1S/C18H27NO3/c1-12-7-6-8-15(11-12)22-14(3)18(21)19-17-10-5-4-9-16(17)13(2)20/h4-5,9-10,12-15,20H,6-8,11H2,1-3H3,(H,19,21). The van der Waals surface area contributed by atoms with Crippen LogP contribution in [0.15, 0.2) is 24.3 Å². The van der Waals surface area contributed by atoms with Gasteiger partial charge in [-0.3, -0.25) is 4.79 Å². The molecule has 1 aliphatic carbocycles. The summed E-state index contributed by atoms with van der Waals surface area (Å²) in [4.78, 5) is 12.3. The number of ether oxygens (including phenoxy) is 1. The van der Waals surface area contributed by atoms with Crippen molar-refractivity contribution in [1.82, 2.24) is 0 Å². The summed E-state index contributed by atoms with van der Waals surface area (Å²) in [5, 5.41) is 12.6. The average Bonchev–Trinajstić information content (AvgIpc) is 2.47. The summed E-state index contributed by atoms with van der Waals surface area (Å²) >= 11 is 0. The van der Waals surface area contributed by atoms with Crippen LogP contribution in [0, 0.1) is 5.92 Å². The highest BCUT2D eigenvalue weighted by atomic mass is 16.5. The molecule has 122 valence electrons. The third kappa shape index (κ3) is 4.55. The lowest BCUT2D eigenvalue weighted by molar-refractivity contribution is -0.131. The van der Waals surface area contributed by atoms with E-state index < -0.39 is 12.2 Å². The number of rotatable bonds is 5. The van der Waals surface area contributed by atoms with Gasteiger partial charge in [-0.1, -0.05) is 38.0 Å². The van der Waals surface area contributed by atoms with Crippen LogP contribution in [-0.4, -0.2) is 23.2 Å². The monoisotopic (exact) mass is 305 g/mol. The number of hydrogen-bond acceptors (Lipinski definition) is 3. The van der Waals surface area contributed by atoms with Crippen LogP contribution in [0.5, 0.6) is 0 Å². The summed E-state index contributed by atoms with van der Waals surface area (Å²) in [6.45, 7) is 5.72. The molecule has 2 N–H and O–H groups in total. The molecular weight excluding hydrogens is 278 g/mol. The number of anilines is 1. The molecule has 0 radical (unpaired) electrons. The second-order valence-corrected chi connectivity index (χ2v) is 6.42. The highest BCUT2D eigenvalue weighted by Gasteiger charge is 2.24. The number of aliphatic hydroxyl groups excluding tert-OH is 1. The summed E-state index contributed by atoms with van der Waals surface area (Å²) in [6.07, 6.45) is 3.56. The lowest BCUT2D eigenvalue weighted by atomic mass is 9.88. The first-order chi connectivity index (χ1) is 10.5. The molecule has 1 saturated carbocycles. The van der Waals surface area contributed by atoms with Crippen molar-refractivity contribution in [2.45, 2.75) is 64.8 Å². The largest absolute Gasteiger partial charge is 0.389 e. The number of aliphatic hydroxyl groups is 1. The van der Waals surface area contributed by atoms with Gasteiger partial charge < -0.3 is 15.2 Å². The van der Waals surface area contributed by atoms with Gasteiger partial charge in [-0.2, -0.15) is 0 Å². The van der Waals surface area contributed by atoms with Crippen molar-refractivity contribution in [3.63, 3.8) is 0 Å². The van der Waals surface area contributed by atoms with Crippen LogP contribution in [0.2, 0.25) is 0 Å². The minimum atomic E-state index is -0.619. The van der Waals surface area contributed by atoms with E-state index in [1.54, 1.807) is 19.9 Å². The molecule has 0 aromatic heterocycles. The Balaban J connectivity index is 1.94. The molecule has 0 bridgehead atoms. The minimum absolute atomic E-state index is 0.161. The lowest BCUT2D eigenvalue weighted by Crippen LogP contribution is -2.34. The number of carbonyl (C=O) groups is 1. The smallest absolute Gasteiger partial charge is 0.253 e. The summed E-state index contributed by atoms with van der Waals surface area (Å²) in [6, 6.07) is 7.31. The van der Waals surface area contributed by atoms with E-state index >= 15 is 0 Å². The van der Waals surface area contributed by atoms with Crippen LogP contribution in [0.25, 0.3) is 0 Å². The van der Waals surface area contributed by atoms with Gasteiger partial charge in [-0.05, 0) is 38.7 Å². The third-order valence-electron chi connectivity index (χ3n) is 4.32. The molecule has 4 atom stereocenters. The van der Waals surface area contributed by atoms with Crippen molar-refractivity contribution in [3.05, 3.63) is 29.8 Å². The lowest BCUT2D eigenvalue weighted by Gasteiger charge is -2.29. The van der Waals surface area contributed by atoms with Crippen molar-refractivity contribution in [1.29, 1.82) is 0 Å². The number of carbonyl (C=O) groups excluding carboxylic acids is 1. The van der Waals surface area contributed by atoms with E-state index in [0.29, 0.717) is 17.2 Å². The van der Waals surface area contributed by atoms with Gasteiger partial charge >= 0.3 is 0 Å². The first-order valence-electron chi connectivity index (χ1n) is 8.20. The zero-order valence-electron chi connectivity index (χ0n) is 13.7. The van der Waals surface area contributed by atoms with E-state index in [1.165, 1.54) is 12.8 Å². The predicted octanol–water partition coefficient (Wildman–Crippen LogP) is 3.66. The molecule has 4 heteroatoms. The molecule has 1 aromatic carbocycles. The van der Waals surface area contributed by atoms with Crippen LogP contribution in [-0.2, 0) is 9.53 Å². The van der Waals surface area contributed by atoms with E-state index in [4.69, 9.17) is 4.74 Å². The Morgan fingerprint density at radius 2 is 2.05 bits per heavy atom. The molecule has 2 rings (SSSR count). The second kappa shape index (κ2) is 7.75. The van der Waals surface area contributed by atoms with Gasteiger partial charge in [-0.15, -0.1) is 0 Å². The molecule has 1 aromatic rings. The fourth-order valence-corrected chi connectivity index (χ4v) is 3.06. The fourth-order valence-electron chi connectivity index (χ4n) is 3.06. The summed E-state index contributed by atoms with van der Waals surface area (Å²) < 4.78 is 5.92. The molecule has 1 fully saturated rings. The van der Waals surface area contributed by atoms with Crippen LogP contribution in [0.4, 0.5) is 5.69 Å². The van der Waals surface area contributed by atoms with E-state index in [2.05, 4.69) is 12.2 Å². The Bertz CT molecular complexity index is 501. The number of hydrogen-bond donors (Lipinski definition) is 2. The Morgan fingerprint density at radius 3 is 2.73 bits per heavy atom. The molecule has 0 aliphatic heterocycles. The summed E-state index contributed by atoms with van der Waals surface area (Å²) in [7, 11) is 0. The molecule has 4 unspecified atom stereocenters. The van der Waals surface area contributed by atoms with E-state index in [9.17, 15) is 9.90 Å². The van der Waals surface area contributed by atoms with Crippen molar-refractivity contribution in [2.75, 3.05) is 5.32 Å². The first kappa shape index (κ1) is 17.0. The predicted molar refractivity (Wildman–Crippen MR) is 87.7 cm³/mol. The van der Waals surface area contributed by atoms with Crippen LogP contribution in [0.1, 0.15) is 58.1 Å². The van der Waals surface area contributed by atoms with Gasteiger partial charge in [0.25, 0.3) is 5.91 Å². The molecule has 1 amide bonds. The number of para-hydroxylation sites is 1. The Kier molecular flexibility index (Phi) is 5.98.